The lowest BCUT2D eigenvalue weighted by atomic mass is 10.0. The van der Waals surface area contributed by atoms with Crippen molar-refractivity contribution in [2.24, 2.45) is 5.92 Å². The normalized spacial score (nSPS) is 11.5. The van der Waals surface area contributed by atoms with Crippen molar-refractivity contribution >= 4 is 11.8 Å². The minimum atomic E-state index is -0.631. The third-order valence-electron chi connectivity index (χ3n) is 3.51. The van der Waals surface area contributed by atoms with E-state index in [1.165, 1.54) is 4.90 Å². The average molecular weight is 317 g/mol. The van der Waals surface area contributed by atoms with Gasteiger partial charge in [-0.15, -0.1) is 0 Å². The molecule has 124 valence electrons. The summed E-state index contributed by atoms with van der Waals surface area (Å²) >= 11 is 0. The van der Waals surface area contributed by atoms with Crippen LogP contribution in [0.3, 0.4) is 0 Å². The van der Waals surface area contributed by atoms with Gasteiger partial charge in [0.05, 0.1) is 19.6 Å². The zero-order chi connectivity index (χ0) is 17.4. The Morgan fingerprint density at radius 1 is 1.30 bits per heavy atom. The van der Waals surface area contributed by atoms with Crippen LogP contribution < -0.4 is 10.1 Å². The molecule has 0 aliphatic carbocycles. The maximum Gasteiger partial charge on any atom is 0.251 e. The van der Waals surface area contributed by atoms with E-state index in [9.17, 15) is 9.59 Å². The molecule has 0 fully saturated rings. The first kappa shape index (κ1) is 18.5. The van der Waals surface area contributed by atoms with Gasteiger partial charge >= 0.3 is 0 Å². The largest absolute Gasteiger partial charge is 0.497 e. The summed E-state index contributed by atoms with van der Waals surface area (Å²) < 4.78 is 5.06. The number of nitrogens with one attached hydrogen (secondary N) is 1. The van der Waals surface area contributed by atoms with E-state index in [0.29, 0.717) is 17.9 Å². The van der Waals surface area contributed by atoms with Crippen molar-refractivity contribution in [1.29, 1.82) is 5.26 Å². The highest BCUT2D eigenvalue weighted by atomic mass is 16.5. The molecule has 0 aromatic heterocycles. The van der Waals surface area contributed by atoms with Gasteiger partial charge in [-0.1, -0.05) is 13.8 Å². The van der Waals surface area contributed by atoms with E-state index in [2.05, 4.69) is 5.32 Å². The number of nitrogens with zero attached hydrogens (tertiary/aromatic N) is 2. The zero-order valence-electron chi connectivity index (χ0n) is 14.0. The first-order chi connectivity index (χ1) is 10.9. The Kier molecular flexibility index (Phi) is 7.07. The fraction of sp³-hybridized carbons (Fsp3) is 0.471. The van der Waals surface area contributed by atoms with E-state index in [1.54, 1.807) is 38.4 Å². The molecule has 1 rings (SSSR count). The smallest absolute Gasteiger partial charge is 0.251 e. The van der Waals surface area contributed by atoms with Crippen LogP contribution in [0.4, 0.5) is 0 Å². The van der Waals surface area contributed by atoms with Crippen LogP contribution in [0.15, 0.2) is 24.3 Å². The molecule has 0 heterocycles. The van der Waals surface area contributed by atoms with Gasteiger partial charge in [-0.3, -0.25) is 9.59 Å². The fourth-order valence-electron chi connectivity index (χ4n) is 2.05. The second-order valence-electron chi connectivity index (χ2n) is 5.59. The number of benzene rings is 1. The summed E-state index contributed by atoms with van der Waals surface area (Å²) in [4.78, 5) is 26.2. The zero-order valence-corrected chi connectivity index (χ0v) is 14.0. The molecule has 1 N–H and O–H groups in total. The number of hydrogen-bond donors (Lipinski definition) is 1. The standard InChI is InChI=1S/C17H23N3O3/c1-12(2)15(17(22)20(3)11-5-10-18)19-16(21)13-6-8-14(23-4)9-7-13/h6-9,12,15H,5,11H2,1-4H3,(H,19,21). The number of methoxy groups -OCH3 is 1. The van der Waals surface area contributed by atoms with Crippen LogP contribution in [0, 0.1) is 17.2 Å². The van der Waals surface area contributed by atoms with Crippen LogP contribution in [-0.2, 0) is 4.79 Å². The van der Waals surface area contributed by atoms with E-state index in [0.717, 1.165) is 0 Å². The van der Waals surface area contributed by atoms with Gasteiger partial charge < -0.3 is 15.0 Å². The lowest BCUT2D eigenvalue weighted by molar-refractivity contribution is -0.132. The molecule has 1 aromatic rings. The molecular weight excluding hydrogens is 294 g/mol. The summed E-state index contributed by atoms with van der Waals surface area (Å²) in [7, 11) is 3.19. The van der Waals surface area contributed by atoms with Crippen LogP contribution in [0.5, 0.6) is 5.75 Å². The van der Waals surface area contributed by atoms with E-state index >= 15 is 0 Å². The van der Waals surface area contributed by atoms with Gasteiger partial charge in [0.15, 0.2) is 0 Å². The van der Waals surface area contributed by atoms with Crippen LogP contribution in [-0.4, -0.2) is 43.5 Å². The van der Waals surface area contributed by atoms with Gasteiger partial charge in [-0.25, -0.2) is 0 Å². The van der Waals surface area contributed by atoms with Crippen LogP contribution >= 0.6 is 0 Å². The van der Waals surface area contributed by atoms with Crippen molar-refractivity contribution < 1.29 is 14.3 Å². The molecular formula is C17H23N3O3. The van der Waals surface area contributed by atoms with Gasteiger partial charge in [-0.2, -0.15) is 5.26 Å². The maximum atomic E-state index is 12.4. The molecule has 0 spiro atoms. The molecule has 6 heteroatoms. The minimum absolute atomic E-state index is 0.0609. The van der Waals surface area contributed by atoms with E-state index < -0.39 is 6.04 Å². The fourth-order valence-corrected chi connectivity index (χ4v) is 2.05. The highest BCUT2D eigenvalue weighted by Crippen LogP contribution is 2.12. The molecule has 1 atom stereocenters. The van der Waals surface area contributed by atoms with Crippen molar-refractivity contribution in [2.45, 2.75) is 26.3 Å². The molecule has 0 saturated carbocycles. The van der Waals surface area contributed by atoms with Crippen LogP contribution in [0.1, 0.15) is 30.6 Å². The SMILES string of the molecule is COc1ccc(C(=O)NC(C(=O)N(C)CCC#N)C(C)C)cc1. The van der Waals surface area contributed by atoms with Crippen molar-refractivity contribution in [3.63, 3.8) is 0 Å². The second kappa shape index (κ2) is 8.79. The first-order valence-electron chi connectivity index (χ1n) is 7.47. The van der Waals surface area contributed by atoms with Crippen LogP contribution in [0.25, 0.3) is 0 Å². The summed E-state index contributed by atoms with van der Waals surface area (Å²) in [5.74, 6) is 0.0917. The molecule has 0 saturated heterocycles. The van der Waals surface area contributed by atoms with Gasteiger partial charge in [-0.05, 0) is 30.2 Å². The van der Waals surface area contributed by atoms with Gasteiger partial charge in [0, 0.05) is 19.2 Å². The number of likely N-dealkylation sites (N-methyl/N-ethyl adjacent to an activating group) is 1. The Morgan fingerprint density at radius 2 is 1.91 bits per heavy atom. The number of ether oxygens (including phenoxy) is 1. The van der Waals surface area contributed by atoms with Crippen molar-refractivity contribution in [1.82, 2.24) is 10.2 Å². The molecule has 2 amide bonds. The van der Waals surface area contributed by atoms with Crippen LogP contribution in [0.2, 0.25) is 0 Å². The molecule has 6 nitrogen and oxygen atoms in total. The molecule has 0 aliphatic heterocycles. The molecule has 0 radical (unpaired) electrons. The molecule has 1 aromatic carbocycles. The predicted molar refractivity (Wildman–Crippen MR) is 87.0 cm³/mol. The number of carbonyl (C=O) groups excluding carboxylic acids is 2. The summed E-state index contributed by atoms with van der Waals surface area (Å²) in [6.45, 7) is 4.08. The molecule has 23 heavy (non-hydrogen) atoms. The summed E-state index contributed by atoms with van der Waals surface area (Å²) in [5, 5.41) is 11.4. The molecule has 1 unspecified atom stereocenters. The van der Waals surface area contributed by atoms with Crippen molar-refractivity contribution in [3.8, 4) is 11.8 Å². The third kappa shape index (κ3) is 5.29. The van der Waals surface area contributed by atoms with Gasteiger partial charge in [0.1, 0.15) is 11.8 Å². The lowest BCUT2D eigenvalue weighted by Crippen LogP contribution is -2.50. The Balaban J connectivity index is 2.80. The van der Waals surface area contributed by atoms with Crippen molar-refractivity contribution in [3.05, 3.63) is 29.8 Å². The summed E-state index contributed by atoms with van der Waals surface area (Å²) in [6, 6.07) is 8.06. The minimum Gasteiger partial charge on any atom is -0.497 e. The van der Waals surface area contributed by atoms with Gasteiger partial charge in [0.25, 0.3) is 5.91 Å². The Bertz CT molecular complexity index is 576. The maximum absolute atomic E-state index is 12.4. The number of nitriles is 1. The molecule has 0 aliphatic rings. The Hall–Kier alpha value is -2.55. The summed E-state index contributed by atoms with van der Waals surface area (Å²) in [6.07, 6.45) is 0.263. The number of amides is 2. The average Bonchev–Trinajstić information content (AvgIpc) is 2.56. The Labute approximate surface area is 137 Å². The number of carbonyl (C=O) groups is 2. The number of hydrogen-bond acceptors (Lipinski definition) is 4. The van der Waals surface area contributed by atoms with Crippen molar-refractivity contribution in [2.75, 3.05) is 20.7 Å². The summed E-state index contributed by atoms with van der Waals surface area (Å²) in [5.41, 5.74) is 0.462. The first-order valence-corrected chi connectivity index (χ1v) is 7.47. The van der Waals surface area contributed by atoms with E-state index in [1.807, 2.05) is 19.9 Å². The van der Waals surface area contributed by atoms with Gasteiger partial charge in [0.2, 0.25) is 5.91 Å². The highest BCUT2D eigenvalue weighted by Gasteiger charge is 2.27. The topological polar surface area (TPSA) is 82.4 Å². The molecule has 0 bridgehead atoms. The van der Waals surface area contributed by atoms with E-state index in [-0.39, 0.29) is 24.2 Å². The third-order valence-corrected chi connectivity index (χ3v) is 3.51. The second-order valence-corrected chi connectivity index (χ2v) is 5.59. The predicted octanol–water partition coefficient (Wildman–Crippen LogP) is 1.82. The highest BCUT2D eigenvalue weighted by molar-refractivity contribution is 5.97. The quantitative estimate of drug-likeness (QED) is 0.831. The Morgan fingerprint density at radius 3 is 2.39 bits per heavy atom. The monoisotopic (exact) mass is 317 g/mol. The lowest BCUT2D eigenvalue weighted by Gasteiger charge is -2.26. The van der Waals surface area contributed by atoms with E-state index in [4.69, 9.17) is 10.00 Å². The number of rotatable bonds is 7.